The second-order valence-corrected chi connectivity index (χ2v) is 4.94. The monoisotopic (exact) mass is 243 g/mol. The van der Waals surface area contributed by atoms with Crippen LogP contribution in [0.25, 0.3) is 0 Å². The van der Waals surface area contributed by atoms with Gasteiger partial charge in [-0.05, 0) is 38.3 Å². The lowest BCUT2D eigenvalue weighted by Crippen LogP contribution is -2.31. The topological polar surface area (TPSA) is 20.3 Å². The van der Waals surface area contributed by atoms with Crippen molar-refractivity contribution >= 4 is 5.91 Å². The van der Waals surface area contributed by atoms with Crippen LogP contribution < -0.4 is 0 Å². The Balaban J connectivity index is 2.09. The van der Waals surface area contributed by atoms with Gasteiger partial charge in [0.1, 0.15) is 0 Å². The van der Waals surface area contributed by atoms with Crippen LogP contribution in [0.15, 0.2) is 35.9 Å². The molecule has 0 radical (unpaired) electrons. The van der Waals surface area contributed by atoms with Gasteiger partial charge in [0, 0.05) is 18.7 Å². The number of carbonyl (C=O) groups excluding carboxylic acids is 1. The first-order chi connectivity index (χ1) is 8.70. The van der Waals surface area contributed by atoms with Crippen LogP contribution in [0.5, 0.6) is 0 Å². The molecule has 1 aliphatic rings. The number of amides is 1. The van der Waals surface area contributed by atoms with Crippen molar-refractivity contribution in [3.05, 3.63) is 47.0 Å². The Bertz CT molecular complexity index is 445. The molecule has 0 fully saturated rings. The van der Waals surface area contributed by atoms with Crippen molar-refractivity contribution in [2.45, 2.75) is 33.1 Å². The molecule has 18 heavy (non-hydrogen) atoms. The molecule has 2 rings (SSSR count). The molecule has 0 N–H and O–H groups in total. The summed E-state index contributed by atoms with van der Waals surface area (Å²) in [5.41, 5.74) is 3.47. The first-order valence-corrected chi connectivity index (χ1v) is 6.74. The number of benzene rings is 1. The predicted octanol–water partition coefficient (Wildman–Crippen LogP) is 3.57. The summed E-state index contributed by atoms with van der Waals surface area (Å²) in [5.74, 6) is 0.156. The molecule has 0 aliphatic carbocycles. The molecule has 0 atom stereocenters. The Morgan fingerprint density at radius 3 is 2.67 bits per heavy atom. The summed E-state index contributed by atoms with van der Waals surface area (Å²) >= 11 is 0. The summed E-state index contributed by atoms with van der Waals surface area (Å²) in [4.78, 5) is 14.3. The average molecular weight is 243 g/mol. The van der Waals surface area contributed by atoms with E-state index < -0.39 is 0 Å². The molecule has 2 heteroatoms. The van der Waals surface area contributed by atoms with Gasteiger partial charge in [0.2, 0.25) is 0 Å². The molecule has 1 amide bonds. The first-order valence-electron chi connectivity index (χ1n) is 6.74. The van der Waals surface area contributed by atoms with Crippen molar-refractivity contribution in [3.63, 3.8) is 0 Å². The van der Waals surface area contributed by atoms with E-state index in [0.717, 1.165) is 37.9 Å². The number of carbonyl (C=O) groups is 1. The number of hydrogen-bond donors (Lipinski definition) is 0. The van der Waals surface area contributed by atoms with E-state index in [9.17, 15) is 4.79 Å². The number of aryl methyl sites for hydroxylation is 1. The summed E-state index contributed by atoms with van der Waals surface area (Å²) in [6.45, 7) is 5.85. The van der Waals surface area contributed by atoms with Gasteiger partial charge in [-0.15, -0.1) is 0 Å². The largest absolute Gasteiger partial charge is 0.335 e. The third-order valence-electron chi connectivity index (χ3n) is 3.57. The van der Waals surface area contributed by atoms with Gasteiger partial charge < -0.3 is 4.90 Å². The first kappa shape index (κ1) is 12.9. The van der Waals surface area contributed by atoms with E-state index in [4.69, 9.17) is 0 Å². The van der Waals surface area contributed by atoms with Gasteiger partial charge in [-0.2, -0.15) is 0 Å². The van der Waals surface area contributed by atoms with E-state index in [-0.39, 0.29) is 5.91 Å². The van der Waals surface area contributed by atoms with E-state index in [1.807, 2.05) is 36.1 Å². The normalized spacial score (nSPS) is 16.1. The third-order valence-corrected chi connectivity index (χ3v) is 3.57. The summed E-state index contributed by atoms with van der Waals surface area (Å²) < 4.78 is 0. The van der Waals surface area contributed by atoms with Crippen LogP contribution in [0.2, 0.25) is 0 Å². The van der Waals surface area contributed by atoms with Crippen LogP contribution in [0.3, 0.4) is 0 Å². The van der Waals surface area contributed by atoms with Gasteiger partial charge in [0.05, 0.1) is 0 Å². The zero-order valence-corrected chi connectivity index (χ0v) is 11.3. The van der Waals surface area contributed by atoms with Crippen molar-refractivity contribution in [2.24, 2.45) is 0 Å². The number of allylic oxidation sites excluding steroid dienone is 1. The molecule has 1 aliphatic heterocycles. The minimum Gasteiger partial charge on any atom is -0.335 e. The number of nitrogens with zero attached hydrogens (tertiary/aromatic N) is 1. The highest BCUT2D eigenvalue weighted by atomic mass is 16.2. The third kappa shape index (κ3) is 3.00. The maximum absolute atomic E-state index is 12.4. The summed E-state index contributed by atoms with van der Waals surface area (Å²) in [7, 11) is 0. The molecule has 96 valence electrons. The molecule has 0 aromatic heterocycles. The highest BCUT2D eigenvalue weighted by molar-refractivity contribution is 5.94. The second kappa shape index (κ2) is 5.85. The molecule has 0 bridgehead atoms. The standard InChI is InChI=1S/C16H21NO/c1-3-14-5-4-11-17(12-10-14)16(18)15-8-6-13(2)7-9-15/h6-10H,3-5,11-12H2,1-2H3. The smallest absolute Gasteiger partial charge is 0.254 e. The molecule has 0 saturated carbocycles. The highest BCUT2D eigenvalue weighted by Gasteiger charge is 2.16. The number of rotatable bonds is 2. The van der Waals surface area contributed by atoms with Crippen LogP contribution in [-0.2, 0) is 0 Å². The maximum atomic E-state index is 12.4. The summed E-state index contributed by atoms with van der Waals surface area (Å²) in [6.07, 6.45) is 5.54. The van der Waals surface area contributed by atoms with E-state index in [2.05, 4.69) is 13.0 Å². The molecular weight excluding hydrogens is 222 g/mol. The van der Waals surface area contributed by atoms with E-state index in [1.165, 1.54) is 11.1 Å². The number of hydrogen-bond acceptors (Lipinski definition) is 1. The summed E-state index contributed by atoms with van der Waals surface area (Å²) in [6, 6.07) is 7.84. The fourth-order valence-corrected chi connectivity index (χ4v) is 2.31. The Morgan fingerprint density at radius 1 is 1.28 bits per heavy atom. The van der Waals surface area contributed by atoms with E-state index >= 15 is 0 Å². The minimum absolute atomic E-state index is 0.156. The Hall–Kier alpha value is -1.57. The summed E-state index contributed by atoms with van der Waals surface area (Å²) in [5, 5.41) is 0. The molecule has 1 aromatic rings. The van der Waals surface area contributed by atoms with Crippen LogP contribution >= 0.6 is 0 Å². The molecule has 2 nitrogen and oxygen atoms in total. The maximum Gasteiger partial charge on any atom is 0.254 e. The molecule has 1 heterocycles. The Kier molecular flexibility index (Phi) is 4.19. The van der Waals surface area contributed by atoms with E-state index in [0.29, 0.717) is 0 Å². The minimum atomic E-state index is 0.156. The quantitative estimate of drug-likeness (QED) is 0.727. The fraction of sp³-hybridized carbons (Fsp3) is 0.438. The second-order valence-electron chi connectivity index (χ2n) is 4.94. The van der Waals surface area contributed by atoms with Gasteiger partial charge in [0.15, 0.2) is 0 Å². The van der Waals surface area contributed by atoms with Crippen molar-refractivity contribution in [1.82, 2.24) is 4.90 Å². The molecule has 1 aromatic carbocycles. The highest BCUT2D eigenvalue weighted by Crippen LogP contribution is 2.16. The lowest BCUT2D eigenvalue weighted by Gasteiger charge is -2.19. The lowest BCUT2D eigenvalue weighted by molar-refractivity contribution is 0.0775. The molecular formula is C16H21NO. The van der Waals surface area contributed by atoms with Crippen molar-refractivity contribution in [2.75, 3.05) is 13.1 Å². The van der Waals surface area contributed by atoms with Gasteiger partial charge >= 0.3 is 0 Å². The SMILES string of the molecule is CCC1=CCN(C(=O)c2ccc(C)cc2)CCC1. The Morgan fingerprint density at radius 2 is 2.00 bits per heavy atom. The predicted molar refractivity (Wildman–Crippen MR) is 74.7 cm³/mol. The van der Waals surface area contributed by atoms with E-state index in [1.54, 1.807) is 0 Å². The zero-order valence-electron chi connectivity index (χ0n) is 11.3. The molecule has 0 spiro atoms. The molecule has 0 saturated heterocycles. The van der Waals surface area contributed by atoms with Crippen molar-refractivity contribution in [3.8, 4) is 0 Å². The average Bonchev–Trinajstić information content (AvgIpc) is 2.64. The van der Waals surface area contributed by atoms with Gasteiger partial charge in [-0.3, -0.25) is 4.79 Å². The van der Waals surface area contributed by atoms with Crippen molar-refractivity contribution in [1.29, 1.82) is 0 Å². The fourth-order valence-electron chi connectivity index (χ4n) is 2.31. The van der Waals surface area contributed by atoms with Crippen LogP contribution in [0, 0.1) is 6.92 Å². The van der Waals surface area contributed by atoms with Crippen LogP contribution in [0.1, 0.15) is 42.1 Å². The zero-order chi connectivity index (χ0) is 13.0. The van der Waals surface area contributed by atoms with Gasteiger partial charge in [-0.1, -0.05) is 36.3 Å². The van der Waals surface area contributed by atoms with Gasteiger partial charge in [-0.25, -0.2) is 0 Å². The van der Waals surface area contributed by atoms with Crippen molar-refractivity contribution < 1.29 is 4.79 Å². The molecule has 0 unspecified atom stereocenters. The Labute approximate surface area is 109 Å². The van der Waals surface area contributed by atoms with Gasteiger partial charge in [0.25, 0.3) is 5.91 Å². The van der Waals surface area contributed by atoms with Crippen LogP contribution in [-0.4, -0.2) is 23.9 Å². The van der Waals surface area contributed by atoms with Crippen LogP contribution in [0.4, 0.5) is 0 Å². The lowest BCUT2D eigenvalue weighted by atomic mass is 10.1.